The third kappa shape index (κ3) is 5.31. The molecule has 0 bridgehead atoms. The summed E-state index contributed by atoms with van der Waals surface area (Å²) in [6, 6.07) is 13.2. The van der Waals surface area contributed by atoms with E-state index in [2.05, 4.69) is 20.2 Å². The maximum atomic E-state index is 12.7. The van der Waals surface area contributed by atoms with Gasteiger partial charge < -0.3 is 0 Å². The van der Waals surface area contributed by atoms with E-state index in [-0.39, 0.29) is 20.1 Å². The number of amides is 1. The highest BCUT2D eigenvalue weighted by Gasteiger charge is 2.25. The fraction of sp³-hybridized carbons (Fsp3) is 0.167. The zero-order valence-electron chi connectivity index (χ0n) is 15.1. The highest BCUT2D eigenvalue weighted by atomic mass is 35.5. The number of nitrogens with zero attached hydrogens (tertiary/aromatic N) is 2. The number of benzene rings is 2. The lowest BCUT2D eigenvalue weighted by atomic mass is 10.1. The van der Waals surface area contributed by atoms with Gasteiger partial charge in [-0.3, -0.25) is 10.1 Å². The molecule has 2 aromatic carbocycles. The van der Waals surface area contributed by atoms with Gasteiger partial charge in [0.1, 0.15) is 0 Å². The number of carbonyl (C=O) groups is 1. The Morgan fingerprint density at radius 1 is 1.14 bits per heavy atom. The Hall–Kier alpha value is -2.04. The predicted octanol–water partition coefficient (Wildman–Crippen LogP) is 4.53. The first-order chi connectivity index (χ1) is 13.8. The predicted molar refractivity (Wildman–Crippen MR) is 114 cm³/mol. The zero-order chi connectivity index (χ0) is 21.0. The van der Waals surface area contributed by atoms with Crippen molar-refractivity contribution in [2.24, 2.45) is 0 Å². The third-order valence-corrected chi connectivity index (χ3v) is 7.17. The maximum Gasteiger partial charge on any atom is 0.270 e. The van der Waals surface area contributed by atoms with Crippen LogP contribution in [0.25, 0.3) is 0 Å². The molecule has 0 saturated heterocycles. The quantitative estimate of drug-likeness (QED) is 0.494. The first-order valence-corrected chi connectivity index (χ1v) is 11.5. The normalized spacial score (nSPS) is 12.5. The van der Waals surface area contributed by atoms with Gasteiger partial charge in [-0.25, -0.2) is 13.1 Å². The maximum absolute atomic E-state index is 12.7. The Bertz CT molecular complexity index is 1120. The van der Waals surface area contributed by atoms with E-state index in [0.29, 0.717) is 11.4 Å². The van der Waals surface area contributed by atoms with E-state index < -0.39 is 22.0 Å². The van der Waals surface area contributed by atoms with Gasteiger partial charge in [-0.05, 0) is 30.2 Å². The highest BCUT2D eigenvalue weighted by Crippen LogP contribution is 2.26. The van der Waals surface area contributed by atoms with Gasteiger partial charge in [-0.1, -0.05) is 71.8 Å². The molecule has 0 spiro atoms. The van der Waals surface area contributed by atoms with Gasteiger partial charge in [0.15, 0.2) is 0 Å². The summed E-state index contributed by atoms with van der Waals surface area (Å²) in [5.41, 5.74) is 1.03. The molecule has 11 heteroatoms. The van der Waals surface area contributed by atoms with Crippen LogP contribution in [0.5, 0.6) is 0 Å². The fourth-order valence-corrected chi connectivity index (χ4v) is 5.23. The Kier molecular flexibility index (Phi) is 6.86. The van der Waals surface area contributed by atoms with Crippen molar-refractivity contribution >= 4 is 55.6 Å². The molecular weight excluding hydrogens is 455 g/mol. The molecule has 7 nitrogen and oxygen atoms in total. The summed E-state index contributed by atoms with van der Waals surface area (Å²) in [7, 11) is -3.91. The number of carbonyl (C=O) groups excluding carboxylic acids is 1. The van der Waals surface area contributed by atoms with E-state index in [9.17, 15) is 13.2 Å². The largest absolute Gasteiger partial charge is 0.296 e. The van der Waals surface area contributed by atoms with Gasteiger partial charge in [-0.2, -0.15) is 0 Å². The molecule has 1 atom stereocenters. The number of hydrogen-bond acceptors (Lipinski definition) is 6. The van der Waals surface area contributed by atoms with E-state index in [4.69, 9.17) is 23.2 Å². The second kappa shape index (κ2) is 9.19. The van der Waals surface area contributed by atoms with Crippen molar-refractivity contribution in [2.45, 2.75) is 23.7 Å². The topological polar surface area (TPSA) is 101 Å². The molecule has 1 aromatic heterocycles. The number of anilines is 1. The van der Waals surface area contributed by atoms with Gasteiger partial charge in [0.05, 0.1) is 10.6 Å². The lowest BCUT2D eigenvalue weighted by molar-refractivity contribution is 0.102. The van der Waals surface area contributed by atoms with E-state index in [1.165, 1.54) is 18.2 Å². The Morgan fingerprint density at radius 2 is 1.86 bits per heavy atom. The number of nitrogens with one attached hydrogen (secondary N) is 2. The van der Waals surface area contributed by atoms with E-state index in [0.717, 1.165) is 16.9 Å². The molecule has 1 amide bonds. The molecule has 0 fully saturated rings. The lowest BCUT2D eigenvalue weighted by Gasteiger charge is -2.16. The van der Waals surface area contributed by atoms with Crippen LogP contribution in [0.1, 0.15) is 35.3 Å². The molecule has 0 unspecified atom stereocenters. The van der Waals surface area contributed by atoms with Crippen molar-refractivity contribution < 1.29 is 13.2 Å². The number of hydrogen-bond donors (Lipinski definition) is 2. The molecule has 1 heterocycles. The van der Waals surface area contributed by atoms with Crippen molar-refractivity contribution in [1.82, 2.24) is 14.9 Å². The molecule has 0 saturated carbocycles. The average Bonchev–Trinajstić information content (AvgIpc) is 3.16. The lowest BCUT2D eigenvalue weighted by Crippen LogP contribution is -2.28. The molecule has 0 radical (unpaired) electrons. The van der Waals surface area contributed by atoms with Crippen LogP contribution < -0.4 is 10.0 Å². The monoisotopic (exact) mass is 470 g/mol. The number of sulfonamides is 1. The van der Waals surface area contributed by atoms with Crippen molar-refractivity contribution in [1.29, 1.82) is 0 Å². The summed E-state index contributed by atoms with van der Waals surface area (Å²) in [5, 5.41) is 10.5. The Morgan fingerprint density at radius 3 is 2.52 bits per heavy atom. The minimum Gasteiger partial charge on any atom is -0.296 e. The number of rotatable bonds is 7. The van der Waals surface area contributed by atoms with Crippen molar-refractivity contribution in [3.8, 4) is 0 Å². The summed E-state index contributed by atoms with van der Waals surface area (Å²) in [6.07, 6.45) is 0.556. The van der Waals surface area contributed by atoms with Crippen LogP contribution in [0.2, 0.25) is 10.0 Å². The SMILES string of the molecule is CC[C@@H](NS(=O)(=O)c1nnc(NC(=O)c2ccc(Cl)cc2Cl)s1)c1ccccc1. The van der Waals surface area contributed by atoms with E-state index in [1.54, 1.807) is 0 Å². The molecule has 0 aliphatic carbocycles. The molecule has 29 heavy (non-hydrogen) atoms. The summed E-state index contributed by atoms with van der Waals surface area (Å²) < 4.78 is 27.7. The summed E-state index contributed by atoms with van der Waals surface area (Å²) in [6.45, 7) is 1.88. The second-order valence-corrected chi connectivity index (χ2v) is 9.65. The van der Waals surface area contributed by atoms with E-state index >= 15 is 0 Å². The first-order valence-electron chi connectivity index (χ1n) is 8.47. The zero-order valence-corrected chi connectivity index (χ0v) is 18.2. The second-order valence-electron chi connectivity index (χ2n) is 5.94. The fourth-order valence-electron chi connectivity index (χ4n) is 2.52. The van der Waals surface area contributed by atoms with Gasteiger partial charge >= 0.3 is 0 Å². The van der Waals surface area contributed by atoms with Crippen LogP contribution in [-0.4, -0.2) is 24.5 Å². The molecular formula is C18H16Cl2N4O3S2. The molecule has 0 aliphatic rings. The smallest absolute Gasteiger partial charge is 0.270 e. The Balaban J connectivity index is 1.75. The molecule has 3 rings (SSSR count). The first kappa shape index (κ1) is 21.7. The molecule has 3 aromatic rings. The van der Waals surface area contributed by atoms with Gasteiger partial charge in [0.25, 0.3) is 15.9 Å². The van der Waals surface area contributed by atoms with Gasteiger partial charge in [0.2, 0.25) is 9.47 Å². The minimum atomic E-state index is -3.91. The highest BCUT2D eigenvalue weighted by molar-refractivity contribution is 7.91. The van der Waals surface area contributed by atoms with Crippen LogP contribution in [0.15, 0.2) is 52.9 Å². The molecule has 0 aliphatic heterocycles. The number of halogens is 2. The average molecular weight is 471 g/mol. The van der Waals surface area contributed by atoms with Crippen molar-refractivity contribution in [3.63, 3.8) is 0 Å². The minimum absolute atomic E-state index is 0.0363. The standard InChI is InChI=1S/C18H16Cl2N4O3S2/c1-2-15(11-6-4-3-5-7-11)24-29(26,27)18-23-22-17(28-18)21-16(25)13-9-8-12(19)10-14(13)20/h3-10,15,24H,2H2,1H3,(H,21,22,25)/t15-/m1/s1. The third-order valence-electron chi connectivity index (χ3n) is 3.94. The van der Waals surface area contributed by atoms with Gasteiger partial charge in [-0.15, -0.1) is 10.2 Å². The van der Waals surface area contributed by atoms with Crippen molar-refractivity contribution in [2.75, 3.05) is 5.32 Å². The Labute approximate surface area is 182 Å². The van der Waals surface area contributed by atoms with Crippen LogP contribution in [-0.2, 0) is 10.0 Å². The molecule has 2 N–H and O–H groups in total. The van der Waals surface area contributed by atoms with Crippen LogP contribution in [0, 0.1) is 0 Å². The van der Waals surface area contributed by atoms with Crippen LogP contribution in [0.3, 0.4) is 0 Å². The summed E-state index contributed by atoms with van der Waals surface area (Å²) in [4.78, 5) is 12.3. The molecule has 152 valence electrons. The van der Waals surface area contributed by atoms with Crippen LogP contribution >= 0.6 is 34.5 Å². The summed E-state index contributed by atoms with van der Waals surface area (Å²) in [5.74, 6) is -0.546. The van der Waals surface area contributed by atoms with Crippen LogP contribution in [0.4, 0.5) is 5.13 Å². The van der Waals surface area contributed by atoms with Crippen molar-refractivity contribution in [3.05, 3.63) is 69.7 Å². The number of aromatic nitrogens is 2. The summed E-state index contributed by atoms with van der Waals surface area (Å²) >= 11 is 12.6. The van der Waals surface area contributed by atoms with Gasteiger partial charge in [0, 0.05) is 11.1 Å². The van der Waals surface area contributed by atoms with E-state index in [1.807, 2.05) is 37.3 Å².